The molecule has 4 rings (SSSR count). The van der Waals surface area contributed by atoms with E-state index in [9.17, 15) is 18.0 Å². The van der Waals surface area contributed by atoms with Gasteiger partial charge in [0.15, 0.2) is 11.5 Å². The third-order valence-electron chi connectivity index (χ3n) is 5.12. The van der Waals surface area contributed by atoms with Crippen molar-refractivity contribution < 1.29 is 27.4 Å². The van der Waals surface area contributed by atoms with Gasteiger partial charge in [-0.15, -0.1) is 0 Å². The number of hydrogen-bond donors (Lipinski definition) is 1. The Morgan fingerprint density at radius 2 is 1.97 bits per heavy atom. The summed E-state index contributed by atoms with van der Waals surface area (Å²) in [4.78, 5) is 16.5. The topological polar surface area (TPSA) is 59.9 Å². The lowest BCUT2D eigenvalue weighted by Gasteiger charge is -2.25. The van der Waals surface area contributed by atoms with Crippen LogP contribution < -0.4 is 14.8 Å². The summed E-state index contributed by atoms with van der Waals surface area (Å²) in [6.07, 6.45) is -2.33. The Labute approximate surface area is 171 Å². The normalized spacial score (nSPS) is 18.3. The van der Waals surface area contributed by atoms with Gasteiger partial charge < -0.3 is 14.8 Å². The summed E-state index contributed by atoms with van der Waals surface area (Å²) in [5, 5.41) is 2.82. The first-order chi connectivity index (χ1) is 14.4. The zero-order valence-electron chi connectivity index (χ0n) is 16.1. The van der Waals surface area contributed by atoms with E-state index in [1.54, 1.807) is 18.2 Å². The molecule has 5 nitrogen and oxygen atoms in total. The van der Waals surface area contributed by atoms with Gasteiger partial charge in [-0.3, -0.25) is 9.79 Å². The first-order valence-corrected chi connectivity index (χ1v) is 9.37. The van der Waals surface area contributed by atoms with Gasteiger partial charge in [-0.1, -0.05) is 24.3 Å². The summed E-state index contributed by atoms with van der Waals surface area (Å²) >= 11 is 0. The molecule has 2 aliphatic heterocycles. The Balaban J connectivity index is 1.57. The number of ether oxygens (including phenoxy) is 2. The Morgan fingerprint density at radius 3 is 2.73 bits per heavy atom. The van der Waals surface area contributed by atoms with Crippen LogP contribution in [0.1, 0.15) is 29.0 Å². The number of benzene rings is 2. The lowest BCUT2D eigenvalue weighted by Crippen LogP contribution is -2.37. The van der Waals surface area contributed by atoms with E-state index in [1.807, 2.05) is 6.08 Å². The number of rotatable bonds is 5. The lowest BCUT2D eigenvalue weighted by atomic mass is 9.86. The van der Waals surface area contributed by atoms with Gasteiger partial charge in [0.2, 0.25) is 5.91 Å². The van der Waals surface area contributed by atoms with E-state index in [2.05, 4.69) is 10.3 Å². The molecule has 1 fully saturated rings. The Morgan fingerprint density at radius 1 is 1.17 bits per heavy atom. The van der Waals surface area contributed by atoms with Crippen LogP contribution in [0.3, 0.4) is 0 Å². The molecule has 2 heterocycles. The monoisotopic (exact) mass is 416 g/mol. The summed E-state index contributed by atoms with van der Waals surface area (Å²) in [7, 11) is 1.46. The largest absolute Gasteiger partial charge is 0.493 e. The number of aliphatic imine (C=N–C) groups is 1. The highest BCUT2D eigenvalue weighted by Gasteiger charge is 2.34. The predicted molar refractivity (Wildman–Crippen MR) is 105 cm³/mol. The van der Waals surface area contributed by atoms with Crippen LogP contribution in [0.15, 0.2) is 59.2 Å². The van der Waals surface area contributed by atoms with E-state index in [0.717, 1.165) is 23.0 Å². The maximum absolute atomic E-state index is 13.2. The molecule has 2 aromatic rings. The van der Waals surface area contributed by atoms with Gasteiger partial charge >= 0.3 is 6.18 Å². The zero-order chi connectivity index (χ0) is 21.3. The fraction of sp³-hybridized carbons (Fsp3) is 0.273. The third-order valence-corrected chi connectivity index (χ3v) is 5.12. The molecule has 2 aliphatic rings. The number of amides is 1. The zero-order valence-corrected chi connectivity index (χ0v) is 16.1. The number of nitrogens with zero attached hydrogens (tertiary/aromatic N) is 1. The van der Waals surface area contributed by atoms with Crippen molar-refractivity contribution in [2.24, 2.45) is 4.99 Å². The second kappa shape index (κ2) is 7.85. The standard InChI is InChI=1S/C22H19F3N2O3/c1-29-19-10-13(15-11-20(28)27-17-8-9-26-21(15)17)6-7-18(19)30-12-14-4-2-3-5-16(14)22(23,24)25/h2-8,10,15H,9,11-12H2,1H3,(H,27,28). The van der Waals surface area contributed by atoms with E-state index in [-0.39, 0.29) is 30.4 Å². The molecule has 30 heavy (non-hydrogen) atoms. The fourth-order valence-corrected chi connectivity index (χ4v) is 3.70. The molecule has 0 aromatic heterocycles. The van der Waals surface area contributed by atoms with E-state index in [4.69, 9.17) is 9.47 Å². The number of fused-ring (bicyclic) bond motifs is 1. The van der Waals surface area contributed by atoms with Crippen molar-refractivity contribution in [1.82, 2.24) is 5.32 Å². The molecular formula is C22H19F3N2O3. The first-order valence-electron chi connectivity index (χ1n) is 9.37. The number of nitrogens with one attached hydrogen (secondary N) is 1. The molecule has 1 N–H and O–H groups in total. The molecular weight excluding hydrogens is 397 g/mol. The van der Waals surface area contributed by atoms with Gasteiger partial charge in [0, 0.05) is 17.9 Å². The molecule has 1 saturated heterocycles. The molecule has 0 spiro atoms. The summed E-state index contributed by atoms with van der Waals surface area (Å²) in [6, 6.07) is 10.5. The number of piperidine rings is 1. The Bertz CT molecular complexity index is 1040. The number of alkyl halides is 3. The van der Waals surface area contributed by atoms with Crippen molar-refractivity contribution in [2.45, 2.75) is 25.1 Å². The highest BCUT2D eigenvalue weighted by atomic mass is 19.4. The first kappa shape index (κ1) is 20.0. The molecule has 0 radical (unpaired) electrons. The SMILES string of the molecule is COc1cc(C2CC(=O)NC3=CCN=C32)ccc1OCc1ccccc1C(F)(F)F. The van der Waals surface area contributed by atoms with Gasteiger partial charge in [-0.2, -0.15) is 13.2 Å². The van der Waals surface area contributed by atoms with Crippen LogP contribution in [0.25, 0.3) is 0 Å². The molecule has 1 amide bonds. The van der Waals surface area contributed by atoms with Crippen molar-refractivity contribution in [2.75, 3.05) is 13.7 Å². The van der Waals surface area contributed by atoms with E-state index in [1.165, 1.54) is 25.3 Å². The number of halogens is 3. The van der Waals surface area contributed by atoms with Gasteiger partial charge in [0.05, 0.1) is 30.6 Å². The summed E-state index contributed by atoms with van der Waals surface area (Å²) < 4.78 is 50.6. The number of methoxy groups -OCH3 is 1. The highest BCUT2D eigenvalue weighted by Crippen LogP contribution is 2.37. The van der Waals surface area contributed by atoms with Gasteiger partial charge in [-0.25, -0.2) is 0 Å². The van der Waals surface area contributed by atoms with Crippen molar-refractivity contribution in [1.29, 1.82) is 0 Å². The molecule has 156 valence electrons. The van der Waals surface area contributed by atoms with Crippen molar-refractivity contribution >= 4 is 11.6 Å². The molecule has 1 atom stereocenters. The summed E-state index contributed by atoms with van der Waals surface area (Å²) in [6.45, 7) is 0.273. The second-order valence-corrected chi connectivity index (χ2v) is 7.00. The minimum absolute atomic E-state index is 0.0372. The van der Waals surface area contributed by atoms with Crippen LogP contribution in [0, 0.1) is 0 Å². The smallest absolute Gasteiger partial charge is 0.416 e. The van der Waals surface area contributed by atoms with Crippen LogP contribution >= 0.6 is 0 Å². The van der Waals surface area contributed by atoms with Crippen LogP contribution in [0.4, 0.5) is 13.2 Å². The molecule has 0 aliphatic carbocycles. The number of hydrogen-bond acceptors (Lipinski definition) is 4. The van der Waals surface area contributed by atoms with E-state index < -0.39 is 11.7 Å². The average Bonchev–Trinajstić information content (AvgIpc) is 3.19. The molecule has 2 aromatic carbocycles. The summed E-state index contributed by atoms with van der Waals surface area (Å²) in [5.41, 5.74) is 1.70. The fourth-order valence-electron chi connectivity index (χ4n) is 3.70. The van der Waals surface area contributed by atoms with E-state index >= 15 is 0 Å². The van der Waals surface area contributed by atoms with Crippen LogP contribution in [-0.2, 0) is 17.6 Å². The third kappa shape index (κ3) is 3.90. The number of carbonyl (C=O) groups excluding carboxylic acids is 1. The van der Waals surface area contributed by atoms with Crippen molar-refractivity contribution in [3.63, 3.8) is 0 Å². The van der Waals surface area contributed by atoms with Crippen LogP contribution in [-0.4, -0.2) is 25.3 Å². The predicted octanol–water partition coefficient (Wildman–Crippen LogP) is 4.24. The highest BCUT2D eigenvalue weighted by molar-refractivity contribution is 6.12. The van der Waals surface area contributed by atoms with Crippen LogP contribution in [0.5, 0.6) is 11.5 Å². The molecule has 0 saturated carbocycles. The van der Waals surface area contributed by atoms with Gasteiger partial charge in [0.25, 0.3) is 0 Å². The van der Waals surface area contributed by atoms with Gasteiger partial charge in [0.1, 0.15) is 6.61 Å². The molecule has 1 unspecified atom stereocenters. The quantitative estimate of drug-likeness (QED) is 0.794. The molecule has 0 bridgehead atoms. The van der Waals surface area contributed by atoms with Crippen molar-refractivity contribution in [3.05, 3.63) is 70.9 Å². The average molecular weight is 416 g/mol. The minimum atomic E-state index is -4.46. The van der Waals surface area contributed by atoms with Crippen molar-refractivity contribution in [3.8, 4) is 11.5 Å². The lowest BCUT2D eigenvalue weighted by molar-refractivity contribution is -0.138. The maximum Gasteiger partial charge on any atom is 0.416 e. The number of allylic oxidation sites excluding steroid dienone is 1. The minimum Gasteiger partial charge on any atom is -0.493 e. The molecule has 8 heteroatoms. The number of carbonyl (C=O) groups is 1. The van der Waals surface area contributed by atoms with Crippen LogP contribution in [0.2, 0.25) is 0 Å². The Hall–Kier alpha value is -3.29. The maximum atomic E-state index is 13.2. The summed E-state index contributed by atoms with van der Waals surface area (Å²) in [5.74, 6) is 0.409. The van der Waals surface area contributed by atoms with Gasteiger partial charge in [-0.05, 0) is 29.8 Å². The second-order valence-electron chi connectivity index (χ2n) is 7.00. The van der Waals surface area contributed by atoms with E-state index in [0.29, 0.717) is 18.0 Å². The Kier molecular flexibility index (Phi) is 5.24.